The molecular weight excluding hydrogens is 196 g/mol. The average Bonchev–Trinajstić information content (AvgIpc) is 2.83. The molecule has 2 fully saturated rings. The summed E-state index contributed by atoms with van der Waals surface area (Å²) in [6, 6.07) is 0.685. The van der Waals surface area contributed by atoms with Gasteiger partial charge in [0.1, 0.15) is 0 Å². The van der Waals surface area contributed by atoms with E-state index >= 15 is 0 Å². The minimum atomic E-state index is 0.444. The normalized spacial score (nSPS) is 28.3. The van der Waals surface area contributed by atoms with Gasteiger partial charge in [-0.15, -0.1) is 0 Å². The fourth-order valence-corrected chi connectivity index (χ4v) is 3.03. The van der Waals surface area contributed by atoms with E-state index in [-0.39, 0.29) is 0 Å². The van der Waals surface area contributed by atoms with E-state index in [1.807, 2.05) is 0 Å². The van der Waals surface area contributed by atoms with Crippen molar-refractivity contribution in [2.45, 2.75) is 64.0 Å². The van der Waals surface area contributed by atoms with Crippen LogP contribution in [0, 0.1) is 5.41 Å². The highest BCUT2D eigenvalue weighted by Gasteiger charge is 2.44. The molecule has 2 rings (SSSR count). The summed E-state index contributed by atoms with van der Waals surface area (Å²) < 4.78 is 0. The van der Waals surface area contributed by atoms with Crippen LogP contribution in [0.25, 0.3) is 0 Å². The highest BCUT2D eigenvalue weighted by molar-refractivity contribution is 5.00. The fraction of sp³-hybridized carbons (Fsp3) is 1.00. The molecule has 2 saturated carbocycles. The van der Waals surface area contributed by atoms with Gasteiger partial charge in [-0.05, 0) is 52.1 Å². The molecule has 2 heteroatoms. The molecule has 0 aromatic carbocycles. The Morgan fingerprint density at radius 1 is 1.12 bits per heavy atom. The van der Waals surface area contributed by atoms with Gasteiger partial charge in [-0.2, -0.15) is 0 Å². The fourth-order valence-electron chi connectivity index (χ4n) is 3.03. The van der Waals surface area contributed by atoms with E-state index in [0.717, 1.165) is 0 Å². The van der Waals surface area contributed by atoms with Gasteiger partial charge < -0.3 is 10.2 Å². The van der Waals surface area contributed by atoms with Crippen LogP contribution in [0.5, 0.6) is 0 Å². The third-order valence-electron chi connectivity index (χ3n) is 5.30. The minimum Gasteiger partial charge on any atom is -0.312 e. The summed E-state index contributed by atoms with van der Waals surface area (Å²) in [5.41, 5.74) is 1.05. The van der Waals surface area contributed by atoms with E-state index in [2.05, 4.69) is 38.2 Å². The maximum absolute atomic E-state index is 3.81. The Morgan fingerprint density at radius 2 is 1.69 bits per heavy atom. The van der Waals surface area contributed by atoms with Crippen LogP contribution in [0.1, 0.15) is 52.4 Å². The Bertz CT molecular complexity index is 237. The number of rotatable bonds is 5. The Morgan fingerprint density at radius 3 is 2.12 bits per heavy atom. The van der Waals surface area contributed by atoms with Crippen LogP contribution in [0.3, 0.4) is 0 Å². The molecule has 0 amide bonds. The van der Waals surface area contributed by atoms with Crippen LogP contribution in [0.4, 0.5) is 0 Å². The largest absolute Gasteiger partial charge is 0.312 e. The first kappa shape index (κ1) is 12.4. The van der Waals surface area contributed by atoms with Crippen molar-refractivity contribution in [2.75, 3.05) is 20.6 Å². The summed E-state index contributed by atoms with van der Waals surface area (Å²) in [7, 11) is 4.49. The van der Waals surface area contributed by atoms with Crippen molar-refractivity contribution < 1.29 is 0 Å². The molecule has 0 heterocycles. The van der Waals surface area contributed by atoms with Gasteiger partial charge in [0.25, 0.3) is 0 Å². The zero-order valence-corrected chi connectivity index (χ0v) is 11.5. The van der Waals surface area contributed by atoms with Crippen molar-refractivity contribution in [2.24, 2.45) is 5.41 Å². The standard InChI is InChI=1S/C14H28N2/c1-12(13(2)9-10-13)15-11-14(16(3)4)7-5-6-8-14/h12,15H,5-11H2,1-4H3. The van der Waals surface area contributed by atoms with Crippen molar-refractivity contribution in [1.29, 1.82) is 0 Å². The molecular formula is C14H28N2. The van der Waals surface area contributed by atoms with Gasteiger partial charge in [-0.3, -0.25) is 0 Å². The molecule has 0 radical (unpaired) electrons. The van der Waals surface area contributed by atoms with E-state index < -0.39 is 0 Å². The smallest absolute Gasteiger partial charge is 0.0327 e. The van der Waals surface area contributed by atoms with Crippen molar-refractivity contribution in [3.63, 3.8) is 0 Å². The summed E-state index contributed by atoms with van der Waals surface area (Å²) in [4.78, 5) is 2.45. The number of likely N-dealkylation sites (N-methyl/N-ethyl adjacent to an activating group) is 1. The number of nitrogens with zero attached hydrogens (tertiary/aromatic N) is 1. The average molecular weight is 224 g/mol. The van der Waals surface area contributed by atoms with Crippen molar-refractivity contribution >= 4 is 0 Å². The first-order chi connectivity index (χ1) is 7.49. The quantitative estimate of drug-likeness (QED) is 0.772. The van der Waals surface area contributed by atoms with E-state index in [9.17, 15) is 0 Å². The zero-order valence-electron chi connectivity index (χ0n) is 11.5. The van der Waals surface area contributed by atoms with Gasteiger partial charge >= 0.3 is 0 Å². The number of hydrogen-bond donors (Lipinski definition) is 1. The van der Waals surface area contributed by atoms with Gasteiger partial charge in [0.2, 0.25) is 0 Å². The molecule has 1 atom stereocenters. The van der Waals surface area contributed by atoms with Gasteiger partial charge in [0.05, 0.1) is 0 Å². The second-order valence-electron chi connectivity index (χ2n) is 6.58. The summed E-state index contributed by atoms with van der Waals surface area (Å²) in [6.07, 6.45) is 8.39. The van der Waals surface area contributed by atoms with Crippen LogP contribution in [0.2, 0.25) is 0 Å². The lowest BCUT2D eigenvalue weighted by atomic mass is 9.93. The lowest BCUT2D eigenvalue weighted by Crippen LogP contribution is -2.52. The number of nitrogens with one attached hydrogen (secondary N) is 1. The van der Waals surface area contributed by atoms with Crippen LogP contribution in [0.15, 0.2) is 0 Å². The Labute approximate surface area is 101 Å². The molecule has 94 valence electrons. The van der Waals surface area contributed by atoms with E-state index in [1.54, 1.807) is 0 Å². The van der Waals surface area contributed by atoms with Gasteiger partial charge in [0, 0.05) is 18.1 Å². The highest BCUT2D eigenvalue weighted by Crippen LogP contribution is 2.48. The van der Waals surface area contributed by atoms with Gasteiger partial charge in [0.15, 0.2) is 0 Å². The third kappa shape index (κ3) is 2.28. The summed E-state index contributed by atoms with van der Waals surface area (Å²) in [5.74, 6) is 0. The molecule has 0 spiro atoms. The minimum absolute atomic E-state index is 0.444. The van der Waals surface area contributed by atoms with Crippen LogP contribution >= 0.6 is 0 Å². The molecule has 0 aromatic rings. The number of hydrogen-bond acceptors (Lipinski definition) is 2. The maximum Gasteiger partial charge on any atom is 0.0327 e. The molecule has 2 aliphatic carbocycles. The SMILES string of the molecule is CC(NCC1(N(C)C)CCCC1)C1(C)CC1. The lowest BCUT2D eigenvalue weighted by Gasteiger charge is -2.38. The maximum atomic E-state index is 3.81. The van der Waals surface area contributed by atoms with Crippen LogP contribution in [-0.4, -0.2) is 37.1 Å². The topological polar surface area (TPSA) is 15.3 Å². The van der Waals surface area contributed by atoms with Crippen molar-refractivity contribution in [3.05, 3.63) is 0 Å². The first-order valence-corrected chi connectivity index (χ1v) is 6.89. The second kappa shape index (κ2) is 4.30. The molecule has 1 N–H and O–H groups in total. The second-order valence-corrected chi connectivity index (χ2v) is 6.58. The lowest BCUT2D eigenvalue weighted by molar-refractivity contribution is 0.144. The van der Waals surface area contributed by atoms with E-state index in [0.29, 0.717) is 17.0 Å². The van der Waals surface area contributed by atoms with Crippen molar-refractivity contribution in [1.82, 2.24) is 10.2 Å². The monoisotopic (exact) mass is 224 g/mol. The predicted molar refractivity (Wildman–Crippen MR) is 69.7 cm³/mol. The molecule has 0 aliphatic heterocycles. The predicted octanol–water partition coefficient (Wildman–Crippen LogP) is 2.64. The van der Waals surface area contributed by atoms with Crippen LogP contribution in [-0.2, 0) is 0 Å². The molecule has 1 unspecified atom stereocenters. The summed E-state index contributed by atoms with van der Waals surface area (Å²) >= 11 is 0. The molecule has 16 heavy (non-hydrogen) atoms. The Balaban J connectivity index is 1.87. The van der Waals surface area contributed by atoms with Crippen LogP contribution < -0.4 is 5.32 Å². The van der Waals surface area contributed by atoms with Crippen molar-refractivity contribution in [3.8, 4) is 0 Å². The highest BCUT2D eigenvalue weighted by atomic mass is 15.2. The Kier molecular flexibility index (Phi) is 3.33. The molecule has 0 saturated heterocycles. The summed E-state index contributed by atoms with van der Waals surface area (Å²) in [5, 5.41) is 3.81. The molecule has 2 nitrogen and oxygen atoms in total. The third-order valence-corrected chi connectivity index (χ3v) is 5.30. The van der Waals surface area contributed by atoms with Gasteiger partial charge in [-0.1, -0.05) is 19.8 Å². The van der Waals surface area contributed by atoms with E-state index in [1.165, 1.54) is 45.1 Å². The Hall–Kier alpha value is -0.0800. The molecule has 2 aliphatic rings. The first-order valence-electron chi connectivity index (χ1n) is 6.89. The summed E-state index contributed by atoms with van der Waals surface area (Å²) in [6.45, 7) is 5.96. The van der Waals surface area contributed by atoms with Gasteiger partial charge in [-0.25, -0.2) is 0 Å². The van der Waals surface area contributed by atoms with E-state index in [4.69, 9.17) is 0 Å². The molecule has 0 bridgehead atoms. The molecule has 0 aromatic heterocycles. The zero-order chi connectivity index (χ0) is 11.8.